The maximum atomic E-state index is 5.90. The van der Waals surface area contributed by atoms with E-state index in [1.165, 1.54) is 5.56 Å². The zero-order valence-corrected chi connectivity index (χ0v) is 11.3. The smallest absolute Gasteiger partial charge is 0.0998 e. The third kappa shape index (κ3) is 3.25. The highest BCUT2D eigenvalue weighted by molar-refractivity contribution is 8.14. The first-order valence-electron chi connectivity index (χ1n) is 6.34. The monoisotopic (exact) mass is 269 g/mol. The standard InChI is InChI=1S/C16H15NOS/c1-3-7-13(8-4-1)15-12-19-16(11-18-15)17-14-9-5-2-6-10-14/h1-10,15H,11-12H2. The van der Waals surface area contributed by atoms with E-state index < -0.39 is 0 Å². The van der Waals surface area contributed by atoms with Crippen LogP contribution in [0.1, 0.15) is 11.7 Å². The molecule has 19 heavy (non-hydrogen) atoms. The molecule has 3 rings (SSSR count). The lowest BCUT2D eigenvalue weighted by Gasteiger charge is -2.23. The van der Waals surface area contributed by atoms with E-state index in [4.69, 9.17) is 4.74 Å². The highest BCUT2D eigenvalue weighted by Gasteiger charge is 2.20. The summed E-state index contributed by atoms with van der Waals surface area (Å²) < 4.78 is 5.90. The molecule has 96 valence electrons. The summed E-state index contributed by atoms with van der Waals surface area (Å²) in [5.74, 6) is 0.926. The second-order valence-electron chi connectivity index (χ2n) is 4.36. The van der Waals surface area contributed by atoms with E-state index in [0.29, 0.717) is 6.61 Å². The molecule has 1 fully saturated rings. The fraction of sp³-hybridized carbons (Fsp3) is 0.188. The Labute approximate surface area is 117 Å². The van der Waals surface area contributed by atoms with Gasteiger partial charge in [0.05, 0.1) is 23.4 Å². The molecule has 3 heteroatoms. The maximum absolute atomic E-state index is 5.90. The van der Waals surface area contributed by atoms with Gasteiger partial charge in [0.2, 0.25) is 0 Å². The molecule has 0 aliphatic carbocycles. The summed E-state index contributed by atoms with van der Waals surface area (Å²) in [6.45, 7) is 0.596. The summed E-state index contributed by atoms with van der Waals surface area (Å²) in [7, 11) is 0. The van der Waals surface area contributed by atoms with Crippen molar-refractivity contribution in [2.45, 2.75) is 6.10 Å². The molecule has 1 aliphatic rings. The van der Waals surface area contributed by atoms with Gasteiger partial charge < -0.3 is 4.74 Å². The Bertz CT molecular complexity index is 543. The fourth-order valence-electron chi connectivity index (χ4n) is 2.00. The van der Waals surface area contributed by atoms with Crippen molar-refractivity contribution in [3.8, 4) is 0 Å². The van der Waals surface area contributed by atoms with Crippen molar-refractivity contribution in [1.82, 2.24) is 0 Å². The van der Waals surface area contributed by atoms with Gasteiger partial charge in [-0.15, -0.1) is 11.8 Å². The van der Waals surface area contributed by atoms with Crippen LogP contribution in [0.15, 0.2) is 65.7 Å². The zero-order valence-electron chi connectivity index (χ0n) is 10.5. The number of rotatable bonds is 2. The first-order chi connectivity index (χ1) is 9.42. The Kier molecular flexibility index (Phi) is 3.96. The normalized spacial score (nSPS) is 21.5. The Morgan fingerprint density at radius 2 is 1.63 bits per heavy atom. The molecular formula is C16H15NOS. The SMILES string of the molecule is c1ccc(N=C2COC(c3ccccc3)CS2)cc1. The topological polar surface area (TPSA) is 21.6 Å². The van der Waals surface area contributed by atoms with E-state index in [9.17, 15) is 0 Å². The lowest BCUT2D eigenvalue weighted by Crippen LogP contribution is -2.19. The molecule has 1 aliphatic heterocycles. The first-order valence-corrected chi connectivity index (χ1v) is 7.32. The number of hydrogen-bond donors (Lipinski definition) is 0. The Hall–Kier alpha value is -1.58. The van der Waals surface area contributed by atoms with Crippen molar-refractivity contribution in [1.29, 1.82) is 0 Å². The molecule has 0 spiro atoms. The van der Waals surface area contributed by atoms with Crippen LogP contribution in [-0.2, 0) is 4.74 Å². The summed E-state index contributed by atoms with van der Waals surface area (Å²) in [5.41, 5.74) is 2.24. The predicted molar refractivity (Wildman–Crippen MR) is 81.1 cm³/mol. The average Bonchev–Trinajstić information content (AvgIpc) is 2.50. The Morgan fingerprint density at radius 3 is 2.26 bits per heavy atom. The summed E-state index contributed by atoms with van der Waals surface area (Å²) in [4.78, 5) is 4.60. The van der Waals surface area contributed by atoms with Crippen LogP contribution in [0.3, 0.4) is 0 Å². The molecule has 0 aromatic heterocycles. The summed E-state index contributed by atoms with van der Waals surface area (Å²) in [6, 6.07) is 20.4. The van der Waals surface area contributed by atoms with E-state index in [2.05, 4.69) is 29.3 Å². The number of nitrogens with zero attached hydrogens (tertiary/aromatic N) is 1. The number of para-hydroxylation sites is 1. The molecule has 0 saturated carbocycles. The number of aliphatic imine (C=N–C) groups is 1. The molecule has 2 aromatic rings. The number of benzene rings is 2. The van der Waals surface area contributed by atoms with Crippen molar-refractivity contribution in [3.63, 3.8) is 0 Å². The van der Waals surface area contributed by atoms with Gasteiger partial charge in [-0.3, -0.25) is 0 Å². The molecule has 2 nitrogen and oxygen atoms in total. The molecule has 0 bridgehead atoms. The largest absolute Gasteiger partial charge is 0.366 e. The van der Waals surface area contributed by atoms with E-state index >= 15 is 0 Å². The molecule has 2 aromatic carbocycles. The number of hydrogen-bond acceptors (Lipinski definition) is 3. The quantitative estimate of drug-likeness (QED) is 0.814. The molecule has 1 atom stereocenters. The number of thioether (sulfide) groups is 1. The van der Waals surface area contributed by atoms with E-state index in [1.54, 1.807) is 11.8 Å². The van der Waals surface area contributed by atoms with Crippen molar-refractivity contribution < 1.29 is 4.74 Å². The van der Waals surface area contributed by atoms with Crippen LogP contribution in [0.4, 0.5) is 5.69 Å². The predicted octanol–water partition coefficient (Wildman–Crippen LogP) is 4.22. The minimum atomic E-state index is 0.181. The van der Waals surface area contributed by atoms with Crippen molar-refractivity contribution in [2.75, 3.05) is 12.4 Å². The van der Waals surface area contributed by atoms with E-state index in [0.717, 1.165) is 16.5 Å². The van der Waals surface area contributed by atoms with Crippen molar-refractivity contribution in [3.05, 3.63) is 66.2 Å². The highest BCUT2D eigenvalue weighted by Crippen LogP contribution is 2.29. The van der Waals surface area contributed by atoms with Gasteiger partial charge in [0, 0.05) is 5.75 Å². The zero-order chi connectivity index (χ0) is 12.9. The third-order valence-corrected chi connectivity index (χ3v) is 4.00. The molecule has 1 unspecified atom stereocenters. The second-order valence-corrected chi connectivity index (χ2v) is 5.46. The van der Waals surface area contributed by atoms with Gasteiger partial charge in [-0.2, -0.15) is 0 Å². The molecule has 1 heterocycles. The van der Waals surface area contributed by atoms with Gasteiger partial charge in [0.15, 0.2) is 0 Å². The van der Waals surface area contributed by atoms with Crippen molar-refractivity contribution >= 4 is 22.5 Å². The van der Waals surface area contributed by atoms with Gasteiger partial charge in [-0.05, 0) is 17.7 Å². The molecule has 1 saturated heterocycles. The summed E-state index contributed by atoms with van der Waals surface area (Å²) in [5, 5.41) is 1.05. The lowest BCUT2D eigenvalue weighted by molar-refractivity contribution is 0.0982. The van der Waals surface area contributed by atoms with E-state index in [-0.39, 0.29) is 6.10 Å². The van der Waals surface area contributed by atoms with Gasteiger partial charge in [-0.25, -0.2) is 4.99 Å². The maximum Gasteiger partial charge on any atom is 0.0998 e. The van der Waals surface area contributed by atoms with E-state index in [1.807, 2.05) is 36.4 Å². The first kappa shape index (κ1) is 12.5. The van der Waals surface area contributed by atoms with Crippen LogP contribution in [-0.4, -0.2) is 17.4 Å². The third-order valence-electron chi connectivity index (χ3n) is 2.99. The summed E-state index contributed by atoms with van der Waals surface area (Å²) >= 11 is 1.79. The van der Waals surface area contributed by atoms with Crippen LogP contribution in [0.25, 0.3) is 0 Å². The minimum Gasteiger partial charge on any atom is -0.366 e. The summed E-state index contributed by atoms with van der Waals surface area (Å²) in [6.07, 6.45) is 0.181. The van der Waals surface area contributed by atoms with Gasteiger partial charge >= 0.3 is 0 Å². The lowest BCUT2D eigenvalue weighted by atomic mass is 10.1. The molecule has 0 N–H and O–H groups in total. The van der Waals surface area contributed by atoms with Gasteiger partial charge in [-0.1, -0.05) is 48.5 Å². The van der Waals surface area contributed by atoms with Gasteiger partial charge in [0.1, 0.15) is 0 Å². The fourth-order valence-corrected chi connectivity index (χ4v) is 2.96. The van der Waals surface area contributed by atoms with Crippen LogP contribution < -0.4 is 0 Å². The molecule has 0 amide bonds. The number of ether oxygens (including phenoxy) is 1. The highest BCUT2D eigenvalue weighted by atomic mass is 32.2. The second kappa shape index (κ2) is 6.04. The van der Waals surface area contributed by atoms with Crippen LogP contribution in [0.5, 0.6) is 0 Å². The molecule has 0 radical (unpaired) electrons. The van der Waals surface area contributed by atoms with Crippen LogP contribution in [0, 0.1) is 0 Å². The Morgan fingerprint density at radius 1 is 0.947 bits per heavy atom. The Balaban J connectivity index is 1.65. The minimum absolute atomic E-state index is 0.181. The van der Waals surface area contributed by atoms with Crippen LogP contribution in [0.2, 0.25) is 0 Å². The van der Waals surface area contributed by atoms with Gasteiger partial charge in [0.25, 0.3) is 0 Å². The van der Waals surface area contributed by atoms with Crippen LogP contribution >= 0.6 is 11.8 Å². The van der Waals surface area contributed by atoms with Crippen molar-refractivity contribution in [2.24, 2.45) is 4.99 Å². The average molecular weight is 269 g/mol. The molecular weight excluding hydrogens is 254 g/mol.